The molecule has 7 heteroatoms. The van der Waals surface area contributed by atoms with E-state index < -0.39 is 11.9 Å². The van der Waals surface area contributed by atoms with Crippen LogP contribution < -0.4 is 10.6 Å². The maximum Gasteiger partial charge on any atom is 0.306 e. The van der Waals surface area contributed by atoms with Crippen LogP contribution in [0, 0.1) is 11.8 Å². The van der Waals surface area contributed by atoms with Crippen LogP contribution in [0.15, 0.2) is 0 Å². The Morgan fingerprint density at radius 3 is 2.61 bits per heavy atom. The van der Waals surface area contributed by atoms with Crippen LogP contribution in [0.5, 0.6) is 0 Å². The molecule has 2 heterocycles. The summed E-state index contributed by atoms with van der Waals surface area (Å²) in [6.45, 7) is 3.08. The van der Waals surface area contributed by atoms with Gasteiger partial charge in [-0.05, 0) is 0 Å². The molecule has 0 aromatic heterocycles. The summed E-state index contributed by atoms with van der Waals surface area (Å²) in [6, 6.07) is -0.385. The lowest BCUT2D eigenvalue weighted by Gasteiger charge is -2.43. The number of hydrogen-bond acceptors (Lipinski definition) is 4. The summed E-state index contributed by atoms with van der Waals surface area (Å²) in [5.74, 6) is -1.39. The van der Waals surface area contributed by atoms with E-state index in [1.807, 2.05) is 0 Å². The van der Waals surface area contributed by atoms with Crippen LogP contribution in [0.25, 0.3) is 0 Å². The molecule has 2 rings (SSSR count). The van der Waals surface area contributed by atoms with Crippen molar-refractivity contribution in [2.24, 2.45) is 11.8 Å². The Hall–Kier alpha value is -1.63. The number of rotatable bonds is 3. The fourth-order valence-electron chi connectivity index (χ4n) is 2.17. The van der Waals surface area contributed by atoms with Gasteiger partial charge in [0.25, 0.3) is 0 Å². The van der Waals surface area contributed by atoms with Gasteiger partial charge in [-0.3, -0.25) is 19.7 Å². The molecule has 2 aliphatic heterocycles. The molecular formula is C11H17N3O4. The fraction of sp³-hybridized carbons (Fsp3) is 0.727. The highest BCUT2D eigenvalue weighted by atomic mass is 16.4. The van der Waals surface area contributed by atoms with Gasteiger partial charge in [-0.25, -0.2) is 0 Å². The van der Waals surface area contributed by atoms with Crippen LogP contribution >= 0.6 is 0 Å². The van der Waals surface area contributed by atoms with Crippen molar-refractivity contribution in [2.75, 3.05) is 26.2 Å². The van der Waals surface area contributed by atoms with Crippen molar-refractivity contribution in [3.8, 4) is 0 Å². The first kappa shape index (κ1) is 12.8. The molecule has 2 saturated heterocycles. The highest BCUT2D eigenvalue weighted by molar-refractivity contribution is 5.87. The molecule has 0 aromatic rings. The summed E-state index contributed by atoms with van der Waals surface area (Å²) in [6.07, 6.45) is 0. The Morgan fingerprint density at radius 2 is 2.11 bits per heavy atom. The molecule has 2 amide bonds. The normalized spacial score (nSPS) is 26.2. The van der Waals surface area contributed by atoms with Crippen LogP contribution in [0.1, 0.15) is 6.92 Å². The number of likely N-dealkylation sites (tertiary alicyclic amines) is 1. The van der Waals surface area contributed by atoms with Crippen molar-refractivity contribution in [1.82, 2.24) is 15.5 Å². The number of hydrogen-bond donors (Lipinski definition) is 3. The lowest BCUT2D eigenvalue weighted by atomic mass is 9.86. The molecule has 0 aromatic carbocycles. The van der Waals surface area contributed by atoms with Crippen molar-refractivity contribution in [3.05, 3.63) is 0 Å². The number of nitrogens with zero attached hydrogens (tertiary/aromatic N) is 1. The first-order valence-corrected chi connectivity index (χ1v) is 6.00. The molecular weight excluding hydrogens is 238 g/mol. The molecule has 0 bridgehead atoms. The summed E-state index contributed by atoms with van der Waals surface area (Å²) in [5, 5.41) is 14.3. The molecule has 100 valence electrons. The second-order valence-corrected chi connectivity index (χ2v) is 4.87. The number of amides is 2. The third-order valence-electron chi connectivity index (χ3n) is 3.63. The van der Waals surface area contributed by atoms with Gasteiger partial charge in [0.15, 0.2) is 0 Å². The maximum absolute atomic E-state index is 12.0. The van der Waals surface area contributed by atoms with E-state index in [1.165, 1.54) is 0 Å². The average molecular weight is 255 g/mol. The van der Waals surface area contributed by atoms with Gasteiger partial charge in [0.2, 0.25) is 11.8 Å². The zero-order chi connectivity index (χ0) is 13.3. The maximum atomic E-state index is 12.0. The quantitative estimate of drug-likeness (QED) is 0.555. The van der Waals surface area contributed by atoms with Crippen LogP contribution in [-0.4, -0.2) is 60.0 Å². The van der Waals surface area contributed by atoms with Crippen molar-refractivity contribution in [2.45, 2.75) is 13.0 Å². The van der Waals surface area contributed by atoms with E-state index in [4.69, 9.17) is 5.11 Å². The predicted molar refractivity (Wildman–Crippen MR) is 61.7 cm³/mol. The minimum absolute atomic E-state index is 0.0321. The number of aliphatic carboxylic acids is 1. The summed E-state index contributed by atoms with van der Waals surface area (Å²) < 4.78 is 0. The monoisotopic (exact) mass is 255 g/mol. The van der Waals surface area contributed by atoms with Crippen LogP contribution in [0.4, 0.5) is 0 Å². The van der Waals surface area contributed by atoms with Crippen molar-refractivity contribution < 1.29 is 19.5 Å². The molecule has 18 heavy (non-hydrogen) atoms. The number of carboxylic acid groups (broad SMARTS) is 1. The van der Waals surface area contributed by atoms with E-state index in [-0.39, 0.29) is 30.3 Å². The minimum atomic E-state index is -0.824. The summed E-state index contributed by atoms with van der Waals surface area (Å²) in [7, 11) is 0. The van der Waals surface area contributed by atoms with Gasteiger partial charge in [-0.2, -0.15) is 0 Å². The van der Waals surface area contributed by atoms with E-state index in [0.717, 1.165) is 0 Å². The molecule has 3 N–H and O–H groups in total. The topological polar surface area (TPSA) is 98.7 Å². The third-order valence-corrected chi connectivity index (χ3v) is 3.63. The molecule has 0 aliphatic carbocycles. The number of carbonyl (C=O) groups excluding carboxylic acids is 2. The van der Waals surface area contributed by atoms with Gasteiger partial charge < -0.3 is 15.3 Å². The van der Waals surface area contributed by atoms with Crippen LogP contribution in [0.2, 0.25) is 0 Å². The molecule has 0 spiro atoms. The molecule has 2 fully saturated rings. The smallest absolute Gasteiger partial charge is 0.306 e. The van der Waals surface area contributed by atoms with Crippen molar-refractivity contribution >= 4 is 17.8 Å². The largest absolute Gasteiger partial charge is 0.481 e. The number of piperazine rings is 1. The third kappa shape index (κ3) is 2.45. The first-order chi connectivity index (χ1) is 8.49. The van der Waals surface area contributed by atoms with E-state index in [2.05, 4.69) is 10.6 Å². The van der Waals surface area contributed by atoms with Crippen LogP contribution in [0.3, 0.4) is 0 Å². The Morgan fingerprint density at radius 1 is 1.44 bits per heavy atom. The number of nitrogens with one attached hydrogen (secondary N) is 2. The standard InChI is InChI=1S/C11H17N3O4/c1-6(11(17)18)7-4-14(5-7)10(16)8-2-13-9(15)3-12-8/h6-8,12H,2-5H2,1H3,(H,13,15)(H,17,18). The van der Waals surface area contributed by atoms with Gasteiger partial charge in [0, 0.05) is 25.6 Å². The lowest BCUT2D eigenvalue weighted by molar-refractivity contribution is -0.151. The van der Waals surface area contributed by atoms with E-state index in [1.54, 1.807) is 11.8 Å². The highest BCUT2D eigenvalue weighted by Crippen LogP contribution is 2.24. The second-order valence-electron chi connectivity index (χ2n) is 4.87. The van der Waals surface area contributed by atoms with Crippen molar-refractivity contribution in [3.63, 3.8) is 0 Å². The molecule has 7 nitrogen and oxygen atoms in total. The molecule has 0 saturated carbocycles. The zero-order valence-corrected chi connectivity index (χ0v) is 10.2. The zero-order valence-electron chi connectivity index (χ0n) is 10.2. The Labute approximate surface area is 105 Å². The Kier molecular flexibility index (Phi) is 3.51. The Balaban J connectivity index is 1.79. The summed E-state index contributed by atoms with van der Waals surface area (Å²) in [5.41, 5.74) is 0. The van der Waals surface area contributed by atoms with E-state index in [0.29, 0.717) is 19.6 Å². The van der Waals surface area contributed by atoms with E-state index in [9.17, 15) is 14.4 Å². The fourth-order valence-corrected chi connectivity index (χ4v) is 2.17. The van der Waals surface area contributed by atoms with Gasteiger partial charge in [0.1, 0.15) is 6.04 Å². The molecule has 0 radical (unpaired) electrons. The molecule has 2 aliphatic rings. The SMILES string of the molecule is CC(C(=O)O)C1CN(C(=O)C2CNC(=O)CN2)C1. The molecule has 2 atom stereocenters. The highest BCUT2D eigenvalue weighted by Gasteiger charge is 2.39. The van der Waals surface area contributed by atoms with Gasteiger partial charge in [-0.15, -0.1) is 0 Å². The number of carbonyl (C=O) groups is 3. The van der Waals surface area contributed by atoms with E-state index >= 15 is 0 Å². The lowest BCUT2D eigenvalue weighted by Crippen LogP contribution is -2.63. The Bertz CT molecular complexity index is 368. The van der Waals surface area contributed by atoms with Crippen molar-refractivity contribution in [1.29, 1.82) is 0 Å². The van der Waals surface area contributed by atoms with Gasteiger partial charge in [-0.1, -0.05) is 6.92 Å². The van der Waals surface area contributed by atoms with Gasteiger partial charge >= 0.3 is 5.97 Å². The minimum Gasteiger partial charge on any atom is -0.481 e. The summed E-state index contributed by atoms with van der Waals surface area (Å²) in [4.78, 5) is 35.3. The number of carboxylic acids is 1. The predicted octanol–water partition coefficient (Wildman–Crippen LogP) is -1.75. The molecule has 2 unspecified atom stereocenters. The second kappa shape index (κ2) is 4.93. The van der Waals surface area contributed by atoms with Gasteiger partial charge in [0.05, 0.1) is 12.5 Å². The van der Waals surface area contributed by atoms with Crippen LogP contribution in [-0.2, 0) is 14.4 Å². The average Bonchev–Trinajstić information content (AvgIpc) is 2.27. The first-order valence-electron chi connectivity index (χ1n) is 6.00. The summed E-state index contributed by atoms with van der Waals surface area (Å²) >= 11 is 0.